The molecule has 0 radical (unpaired) electrons. The Hall–Kier alpha value is -2.85. The molecule has 2 N–H and O–H groups in total. The molecule has 0 saturated carbocycles. The second-order valence-electron chi connectivity index (χ2n) is 5.70. The molecule has 2 aromatic carbocycles. The van der Waals surface area contributed by atoms with Gasteiger partial charge in [-0.1, -0.05) is 18.2 Å². The molecule has 1 heterocycles. The maximum absolute atomic E-state index is 9.50. The van der Waals surface area contributed by atoms with E-state index in [0.717, 1.165) is 22.6 Å². The van der Waals surface area contributed by atoms with Crippen molar-refractivity contribution >= 4 is 5.69 Å². The topological polar surface area (TPSA) is 54.4 Å². The highest BCUT2D eigenvalue weighted by Gasteiger charge is 2.05. The number of aliphatic hydroxyl groups is 1. The molecular weight excluding hydrogens is 312 g/mol. The number of ether oxygens (including phenoxy) is 1. The van der Waals surface area contributed by atoms with E-state index < -0.39 is 0 Å². The number of hydrogen-bond acceptors (Lipinski definition) is 4. The molecule has 0 spiro atoms. The van der Waals surface area contributed by atoms with Crippen molar-refractivity contribution < 1.29 is 9.84 Å². The summed E-state index contributed by atoms with van der Waals surface area (Å²) in [4.78, 5) is 4.06. The van der Waals surface area contributed by atoms with Crippen LogP contribution in [0.4, 0.5) is 5.69 Å². The quantitative estimate of drug-likeness (QED) is 0.678. The average Bonchev–Trinajstić information content (AvgIpc) is 2.68. The minimum Gasteiger partial charge on any atom is -0.494 e. The molecule has 4 nitrogen and oxygen atoms in total. The highest BCUT2D eigenvalue weighted by molar-refractivity contribution is 5.63. The maximum Gasteiger partial charge on any atom is 0.124 e. The zero-order valence-electron chi connectivity index (χ0n) is 14.3. The fourth-order valence-electron chi connectivity index (χ4n) is 2.72. The zero-order chi connectivity index (χ0) is 17.5. The summed E-state index contributed by atoms with van der Waals surface area (Å²) in [7, 11) is 0. The monoisotopic (exact) mass is 334 g/mol. The van der Waals surface area contributed by atoms with Gasteiger partial charge in [0.2, 0.25) is 0 Å². The van der Waals surface area contributed by atoms with Crippen LogP contribution in [0.5, 0.6) is 5.75 Å². The molecule has 3 aromatic rings. The summed E-state index contributed by atoms with van der Waals surface area (Å²) >= 11 is 0. The van der Waals surface area contributed by atoms with Gasteiger partial charge in [-0.25, -0.2) is 0 Å². The van der Waals surface area contributed by atoms with Crippen molar-refractivity contribution in [2.45, 2.75) is 20.1 Å². The first-order valence-electron chi connectivity index (χ1n) is 8.40. The van der Waals surface area contributed by atoms with E-state index in [9.17, 15) is 5.11 Å². The van der Waals surface area contributed by atoms with Crippen molar-refractivity contribution in [2.24, 2.45) is 0 Å². The first kappa shape index (κ1) is 17.0. The zero-order valence-corrected chi connectivity index (χ0v) is 14.3. The molecule has 0 saturated heterocycles. The molecule has 0 amide bonds. The van der Waals surface area contributed by atoms with Gasteiger partial charge in [-0.2, -0.15) is 0 Å². The van der Waals surface area contributed by atoms with Crippen LogP contribution in [0.15, 0.2) is 67.0 Å². The van der Waals surface area contributed by atoms with E-state index in [-0.39, 0.29) is 6.61 Å². The molecule has 3 rings (SSSR count). The van der Waals surface area contributed by atoms with Crippen LogP contribution in [0.25, 0.3) is 11.1 Å². The Morgan fingerprint density at radius 1 is 1.00 bits per heavy atom. The molecule has 128 valence electrons. The Balaban J connectivity index is 1.72. The largest absolute Gasteiger partial charge is 0.494 e. The molecule has 0 bridgehead atoms. The van der Waals surface area contributed by atoms with Crippen molar-refractivity contribution in [3.8, 4) is 16.9 Å². The van der Waals surface area contributed by atoms with Gasteiger partial charge >= 0.3 is 0 Å². The lowest BCUT2D eigenvalue weighted by Crippen LogP contribution is -2.02. The summed E-state index contributed by atoms with van der Waals surface area (Å²) in [6.07, 6.45) is 3.60. The SMILES string of the molecule is CCOc1ccc(NCc2cccc(-c3ccncc3)c2)cc1CO. The normalized spacial score (nSPS) is 10.5. The number of hydrogen-bond donors (Lipinski definition) is 2. The second kappa shape index (κ2) is 8.31. The Morgan fingerprint density at radius 2 is 1.84 bits per heavy atom. The van der Waals surface area contributed by atoms with Gasteiger partial charge in [0.1, 0.15) is 5.75 Å². The molecule has 1 aromatic heterocycles. The van der Waals surface area contributed by atoms with Gasteiger partial charge in [-0.15, -0.1) is 0 Å². The molecule has 0 aliphatic rings. The lowest BCUT2D eigenvalue weighted by Gasteiger charge is -2.12. The predicted octanol–water partition coefficient (Wildman–Crippen LogP) is 4.25. The third-order valence-electron chi connectivity index (χ3n) is 3.97. The number of rotatable bonds is 7. The van der Waals surface area contributed by atoms with Gasteiger partial charge in [0.15, 0.2) is 0 Å². The van der Waals surface area contributed by atoms with Crippen LogP contribution in [0.2, 0.25) is 0 Å². The molecule has 25 heavy (non-hydrogen) atoms. The first-order valence-corrected chi connectivity index (χ1v) is 8.40. The molecule has 0 atom stereocenters. The van der Waals surface area contributed by atoms with Crippen molar-refractivity contribution in [1.82, 2.24) is 4.98 Å². The molecule has 0 aliphatic heterocycles. The van der Waals surface area contributed by atoms with Gasteiger partial charge in [-0.3, -0.25) is 4.98 Å². The van der Waals surface area contributed by atoms with E-state index in [2.05, 4.69) is 34.6 Å². The standard InChI is InChI=1S/C21H22N2O2/c1-2-25-21-7-6-20(13-19(21)15-24)23-14-16-4-3-5-18(12-16)17-8-10-22-11-9-17/h3-13,23-24H,2,14-15H2,1H3. The van der Waals surface area contributed by atoms with E-state index in [1.165, 1.54) is 11.1 Å². The number of aliphatic hydroxyl groups excluding tert-OH is 1. The molecular formula is C21H22N2O2. The van der Waals surface area contributed by atoms with Gasteiger partial charge in [-0.05, 0) is 60.0 Å². The summed E-state index contributed by atoms with van der Waals surface area (Å²) in [6.45, 7) is 3.19. The van der Waals surface area contributed by atoms with Gasteiger partial charge in [0, 0.05) is 30.2 Å². The Morgan fingerprint density at radius 3 is 2.60 bits per heavy atom. The van der Waals surface area contributed by atoms with Crippen LogP contribution in [0.1, 0.15) is 18.1 Å². The van der Waals surface area contributed by atoms with Crippen LogP contribution < -0.4 is 10.1 Å². The summed E-state index contributed by atoms with van der Waals surface area (Å²) in [5, 5.41) is 12.9. The highest BCUT2D eigenvalue weighted by atomic mass is 16.5. The minimum atomic E-state index is -0.0393. The number of benzene rings is 2. The fraction of sp³-hybridized carbons (Fsp3) is 0.190. The molecule has 0 fully saturated rings. The Kier molecular flexibility index (Phi) is 5.65. The third kappa shape index (κ3) is 4.37. The summed E-state index contributed by atoms with van der Waals surface area (Å²) < 4.78 is 5.52. The van der Waals surface area contributed by atoms with Crippen LogP contribution in [0, 0.1) is 0 Å². The number of nitrogens with zero attached hydrogens (tertiary/aromatic N) is 1. The first-order chi connectivity index (χ1) is 12.3. The number of nitrogens with one attached hydrogen (secondary N) is 1. The second-order valence-corrected chi connectivity index (χ2v) is 5.70. The van der Waals surface area contributed by atoms with Crippen molar-refractivity contribution in [2.75, 3.05) is 11.9 Å². The van der Waals surface area contributed by atoms with E-state index in [1.807, 2.05) is 37.3 Å². The van der Waals surface area contributed by atoms with Crippen molar-refractivity contribution in [3.63, 3.8) is 0 Å². The van der Waals surface area contributed by atoms with E-state index >= 15 is 0 Å². The van der Waals surface area contributed by atoms with Gasteiger partial charge in [0.25, 0.3) is 0 Å². The third-order valence-corrected chi connectivity index (χ3v) is 3.97. The summed E-state index contributed by atoms with van der Waals surface area (Å²) in [5.41, 5.74) is 5.26. The predicted molar refractivity (Wildman–Crippen MR) is 101 cm³/mol. The van der Waals surface area contributed by atoms with Crippen LogP contribution in [-0.2, 0) is 13.2 Å². The van der Waals surface area contributed by atoms with Crippen LogP contribution in [0.3, 0.4) is 0 Å². The van der Waals surface area contributed by atoms with E-state index in [0.29, 0.717) is 13.2 Å². The lowest BCUT2D eigenvalue weighted by atomic mass is 10.0. The molecule has 4 heteroatoms. The number of anilines is 1. The summed E-state index contributed by atoms with van der Waals surface area (Å²) in [6, 6.07) is 18.2. The van der Waals surface area contributed by atoms with E-state index in [1.54, 1.807) is 12.4 Å². The lowest BCUT2D eigenvalue weighted by molar-refractivity contribution is 0.267. The number of pyridine rings is 1. The highest BCUT2D eigenvalue weighted by Crippen LogP contribution is 2.24. The van der Waals surface area contributed by atoms with Crippen LogP contribution in [-0.4, -0.2) is 16.7 Å². The van der Waals surface area contributed by atoms with Crippen LogP contribution >= 0.6 is 0 Å². The summed E-state index contributed by atoms with van der Waals surface area (Å²) in [5.74, 6) is 0.732. The van der Waals surface area contributed by atoms with Gasteiger partial charge < -0.3 is 15.2 Å². The minimum absolute atomic E-state index is 0.0393. The van der Waals surface area contributed by atoms with Crippen molar-refractivity contribution in [3.05, 3.63) is 78.1 Å². The molecule has 0 aliphatic carbocycles. The average molecular weight is 334 g/mol. The number of aromatic nitrogens is 1. The smallest absolute Gasteiger partial charge is 0.124 e. The van der Waals surface area contributed by atoms with Crippen molar-refractivity contribution in [1.29, 1.82) is 0 Å². The molecule has 0 unspecified atom stereocenters. The van der Waals surface area contributed by atoms with Gasteiger partial charge in [0.05, 0.1) is 13.2 Å². The maximum atomic E-state index is 9.50. The Bertz CT molecular complexity index is 819. The fourth-order valence-corrected chi connectivity index (χ4v) is 2.72. The Labute approximate surface area is 148 Å². The van der Waals surface area contributed by atoms with E-state index in [4.69, 9.17) is 4.74 Å².